The van der Waals surface area contributed by atoms with Gasteiger partial charge in [-0.25, -0.2) is 13.2 Å². The van der Waals surface area contributed by atoms with E-state index in [2.05, 4.69) is 35.3 Å². The number of carbonyl (C=O) groups is 2. The first-order valence-corrected chi connectivity index (χ1v) is 17.6. The Hall–Kier alpha value is -3.95. The van der Waals surface area contributed by atoms with Crippen molar-refractivity contribution >= 4 is 21.7 Å². The second-order valence-electron chi connectivity index (χ2n) is 11.8. The van der Waals surface area contributed by atoms with Gasteiger partial charge >= 0.3 is 5.97 Å². The first kappa shape index (κ1) is 33.9. The lowest BCUT2D eigenvalue weighted by atomic mass is 9.93. The SMILES string of the molecule is CCC1CC(=CCOCCc2ccccc2)N(Cc2ccc(C(=O)NC(CCS(C)(=O)=O)C(=O)O)c(-c3ccccc3C)c2)C1. The number of benzene rings is 3. The van der Waals surface area contributed by atoms with Crippen molar-refractivity contribution in [2.24, 2.45) is 5.92 Å². The molecule has 2 atom stereocenters. The van der Waals surface area contributed by atoms with Crippen molar-refractivity contribution in [2.75, 3.05) is 31.8 Å². The molecule has 1 saturated heterocycles. The number of nitrogens with zero attached hydrogens (tertiary/aromatic N) is 1. The molecule has 3 aromatic rings. The number of carboxylic acid groups (broad SMARTS) is 1. The number of allylic oxidation sites excluding steroid dienone is 1. The van der Waals surface area contributed by atoms with Gasteiger partial charge in [0, 0.05) is 30.6 Å². The normalized spacial score (nSPS) is 16.6. The number of aryl methyl sites for hydroxylation is 1. The highest BCUT2D eigenvalue weighted by molar-refractivity contribution is 7.90. The Bertz CT molecular complexity index is 1600. The van der Waals surface area contributed by atoms with E-state index in [9.17, 15) is 23.1 Å². The third-order valence-electron chi connectivity index (χ3n) is 8.29. The van der Waals surface area contributed by atoms with E-state index < -0.39 is 27.8 Å². The minimum atomic E-state index is -3.39. The molecule has 1 heterocycles. The maximum Gasteiger partial charge on any atom is 0.326 e. The van der Waals surface area contributed by atoms with Crippen LogP contribution in [0.4, 0.5) is 0 Å². The number of nitrogens with one attached hydrogen (secondary N) is 1. The molecule has 8 nitrogen and oxygen atoms in total. The fourth-order valence-electron chi connectivity index (χ4n) is 5.67. The van der Waals surface area contributed by atoms with Gasteiger partial charge in [0.2, 0.25) is 0 Å². The Balaban J connectivity index is 1.53. The molecule has 240 valence electrons. The number of rotatable bonds is 15. The summed E-state index contributed by atoms with van der Waals surface area (Å²) >= 11 is 0. The Morgan fingerprint density at radius 2 is 1.78 bits per heavy atom. The van der Waals surface area contributed by atoms with Crippen molar-refractivity contribution in [1.82, 2.24) is 10.2 Å². The van der Waals surface area contributed by atoms with Crippen LogP contribution in [0.1, 0.15) is 53.2 Å². The molecular formula is C36H44N2O6S. The molecule has 1 amide bonds. The van der Waals surface area contributed by atoms with Crippen molar-refractivity contribution in [3.63, 3.8) is 0 Å². The van der Waals surface area contributed by atoms with Crippen LogP contribution in [-0.2, 0) is 32.3 Å². The molecule has 1 aliphatic heterocycles. The molecule has 1 aliphatic rings. The lowest BCUT2D eigenvalue weighted by molar-refractivity contribution is -0.139. The van der Waals surface area contributed by atoms with Gasteiger partial charge in [0.25, 0.3) is 5.91 Å². The van der Waals surface area contributed by atoms with E-state index in [4.69, 9.17) is 4.74 Å². The number of aliphatic carboxylic acids is 1. The molecule has 1 fully saturated rings. The Labute approximate surface area is 267 Å². The second-order valence-corrected chi connectivity index (χ2v) is 14.1. The van der Waals surface area contributed by atoms with Gasteiger partial charge in [0.05, 0.1) is 19.0 Å². The molecule has 0 aliphatic carbocycles. The highest BCUT2D eigenvalue weighted by atomic mass is 32.2. The largest absolute Gasteiger partial charge is 0.480 e. The summed E-state index contributed by atoms with van der Waals surface area (Å²) < 4.78 is 29.3. The molecule has 9 heteroatoms. The molecule has 3 aromatic carbocycles. The van der Waals surface area contributed by atoms with Crippen molar-refractivity contribution in [3.05, 3.63) is 107 Å². The van der Waals surface area contributed by atoms with Gasteiger partial charge in [-0.2, -0.15) is 0 Å². The fourth-order valence-corrected chi connectivity index (χ4v) is 6.34. The topological polar surface area (TPSA) is 113 Å². The smallest absolute Gasteiger partial charge is 0.326 e. The second kappa shape index (κ2) is 15.9. The maximum atomic E-state index is 13.5. The number of likely N-dealkylation sites (tertiary alicyclic amines) is 1. The minimum Gasteiger partial charge on any atom is -0.480 e. The van der Waals surface area contributed by atoms with Crippen LogP contribution in [0.2, 0.25) is 0 Å². The molecule has 0 spiro atoms. The standard InChI is InChI=1S/C36H44N2O6S/c1-4-27-22-30(17-20-44-19-16-28-11-6-5-7-12-28)38(24-27)25-29-14-15-32(33(23-29)31-13-9-8-10-26(31)2)35(39)37-34(36(40)41)18-21-45(3,42)43/h5-15,17,23,27,34H,4,16,18-22,24-25H2,1-3H3,(H,37,39)(H,40,41). The van der Waals surface area contributed by atoms with Crippen molar-refractivity contribution < 1.29 is 27.9 Å². The van der Waals surface area contributed by atoms with E-state index in [1.54, 1.807) is 6.07 Å². The number of hydrogen-bond acceptors (Lipinski definition) is 6. The lowest BCUT2D eigenvalue weighted by Crippen LogP contribution is -2.42. The van der Waals surface area contributed by atoms with Crippen molar-refractivity contribution in [2.45, 2.75) is 52.1 Å². The zero-order valence-electron chi connectivity index (χ0n) is 26.4. The number of sulfone groups is 1. The number of hydrogen-bond donors (Lipinski definition) is 2. The zero-order chi connectivity index (χ0) is 32.4. The van der Waals surface area contributed by atoms with E-state index in [-0.39, 0.29) is 12.2 Å². The Morgan fingerprint density at radius 3 is 2.47 bits per heavy atom. The average Bonchev–Trinajstić information content (AvgIpc) is 3.40. The first-order valence-electron chi connectivity index (χ1n) is 15.5. The van der Waals surface area contributed by atoms with Crippen LogP contribution >= 0.6 is 0 Å². The Kier molecular flexibility index (Phi) is 12.0. The number of ether oxygens (including phenoxy) is 1. The molecular weight excluding hydrogens is 588 g/mol. The quantitative estimate of drug-likeness (QED) is 0.208. The summed E-state index contributed by atoms with van der Waals surface area (Å²) in [5, 5.41) is 12.2. The van der Waals surface area contributed by atoms with E-state index in [1.165, 1.54) is 11.3 Å². The number of carbonyl (C=O) groups excluding carboxylic acids is 1. The summed E-state index contributed by atoms with van der Waals surface area (Å²) in [6.45, 7) is 7.00. The molecule has 4 rings (SSSR count). The van der Waals surface area contributed by atoms with Crippen LogP contribution in [0.3, 0.4) is 0 Å². The Morgan fingerprint density at radius 1 is 1.04 bits per heavy atom. The van der Waals surface area contributed by atoms with Gasteiger partial charge in [-0.15, -0.1) is 0 Å². The number of amides is 1. The third kappa shape index (κ3) is 10.0. The lowest BCUT2D eigenvalue weighted by Gasteiger charge is -2.22. The van der Waals surface area contributed by atoms with Gasteiger partial charge in [-0.3, -0.25) is 4.79 Å². The van der Waals surface area contributed by atoms with Crippen molar-refractivity contribution in [3.8, 4) is 11.1 Å². The summed E-state index contributed by atoms with van der Waals surface area (Å²) in [6.07, 6.45) is 5.97. The van der Waals surface area contributed by atoms with E-state index in [0.29, 0.717) is 36.8 Å². The van der Waals surface area contributed by atoms with Gasteiger partial charge in [0.15, 0.2) is 0 Å². The van der Waals surface area contributed by atoms with Crippen LogP contribution in [0, 0.1) is 12.8 Å². The molecule has 45 heavy (non-hydrogen) atoms. The molecule has 0 bridgehead atoms. The predicted molar refractivity (Wildman–Crippen MR) is 178 cm³/mol. The maximum absolute atomic E-state index is 13.5. The van der Waals surface area contributed by atoms with Crippen LogP contribution in [0.5, 0.6) is 0 Å². The van der Waals surface area contributed by atoms with Gasteiger partial charge < -0.3 is 20.1 Å². The summed E-state index contributed by atoms with van der Waals surface area (Å²) in [7, 11) is -3.39. The molecule has 0 radical (unpaired) electrons. The zero-order valence-corrected chi connectivity index (χ0v) is 27.2. The first-order chi connectivity index (χ1) is 21.5. The van der Waals surface area contributed by atoms with Gasteiger partial charge in [-0.05, 0) is 78.1 Å². The van der Waals surface area contributed by atoms with Crippen molar-refractivity contribution in [1.29, 1.82) is 0 Å². The minimum absolute atomic E-state index is 0.212. The summed E-state index contributed by atoms with van der Waals surface area (Å²) in [5.41, 5.74) is 6.46. The fraction of sp³-hybridized carbons (Fsp3) is 0.389. The van der Waals surface area contributed by atoms with E-state index >= 15 is 0 Å². The molecule has 2 N–H and O–H groups in total. The van der Waals surface area contributed by atoms with Gasteiger partial charge in [-0.1, -0.05) is 74.0 Å². The van der Waals surface area contributed by atoms with Gasteiger partial charge in [0.1, 0.15) is 15.9 Å². The van der Waals surface area contributed by atoms with Crippen LogP contribution in [0.25, 0.3) is 11.1 Å². The summed E-state index contributed by atoms with van der Waals surface area (Å²) in [6, 6.07) is 22.4. The number of carboxylic acids is 1. The van der Waals surface area contributed by atoms with E-state index in [0.717, 1.165) is 48.8 Å². The average molecular weight is 633 g/mol. The van der Waals surface area contributed by atoms with Crippen LogP contribution < -0.4 is 5.32 Å². The van der Waals surface area contributed by atoms with Crippen LogP contribution in [-0.4, -0.2) is 68.1 Å². The summed E-state index contributed by atoms with van der Waals surface area (Å²) in [4.78, 5) is 27.7. The predicted octanol–water partition coefficient (Wildman–Crippen LogP) is 5.65. The monoisotopic (exact) mass is 632 g/mol. The molecule has 0 saturated carbocycles. The summed E-state index contributed by atoms with van der Waals surface area (Å²) in [5.74, 6) is -1.61. The molecule has 2 unspecified atom stereocenters. The molecule has 0 aromatic heterocycles. The third-order valence-corrected chi connectivity index (χ3v) is 9.27. The van der Waals surface area contributed by atoms with E-state index in [1.807, 2.05) is 61.5 Å². The van der Waals surface area contributed by atoms with Crippen LogP contribution in [0.15, 0.2) is 84.6 Å². The highest BCUT2D eigenvalue weighted by Crippen LogP contribution is 2.33. The highest BCUT2D eigenvalue weighted by Gasteiger charge is 2.27.